The second-order valence-corrected chi connectivity index (χ2v) is 12.8. The Bertz CT molecular complexity index is 1720. The number of carbonyl (C=O) groups is 2. The Labute approximate surface area is 255 Å². The molecule has 0 spiro atoms. The second-order valence-electron chi connectivity index (χ2n) is 12.8. The summed E-state index contributed by atoms with van der Waals surface area (Å²) in [4.78, 5) is 32.6. The zero-order valence-corrected chi connectivity index (χ0v) is 25.1. The number of pyridine rings is 1. The molecule has 1 saturated heterocycles. The number of urea groups is 1. The Morgan fingerprint density at radius 2 is 1.70 bits per heavy atom. The zero-order valence-electron chi connectivity index (χ0n) is 25.1. The van der Waals surface area contributed by atoms with Gasteiger partial charge in [-0.25, -0.2) is 14.5 Å². The normalized spacial score (nSPS) is 18.6. The van der Waals surface area contributed by atoms with Gasteiger partial charge in [-0.2, -0.15) is 5.10 Å². The Balaban J connectivity index is 1.07. The molecule has 0 atom stereocenters. The Morgan fingerprint density at radius 1 is 1.00 bits per heavy atom. The van der Waals surface area contributed by atoms with Crippen molar-refractivity contribution in [2.45, 2.75) is 63.9 Å². The number of likely N-dealkylation sites (tertiary alicyclic amines) is 1. The number of nitrogens with zero attached hydrogens (tertiary/aromatic N) is 4. The molecule has 3 aliphatic rings. The van der Waals surface area contributed by atoms with Crippen molar-refractivity contribution in [3.63, 3.8) is 0 Å². The van der Waals surface area contributed by atoms with Crippen LogP contribution in [0.25, 0.3) is 16.5 Å². The lowest BCUT2D eigenvalue weighted by atomic mass is 10.0. The van der Waals surface area contributed by atoms with Crippen molar-refractivity contribution in [3.8, 4) is 11.6 Å². The number of halogens is 1. The van der Waals surface area contributed by atoms with Crippen LogP contribution in [-0.2, 0) is 10.2 Å². The lowest BCUT2D eigenvalue weighted by Gasteiger charge is -2.33. The molecule has 4 aromatic rings. The van der Waals surface area contributed by atoms with E-state index in [1.807, 2.05) is 60.4 Å². The third kappa shape index (κ3) is 5.37. The number of benzene rings is 2. The molecule has 3 amide bonds. The predicted octanol–water partition coefficient (Wildman–Crippen LogP) is 6.54. The van der Waals surface area contributed by atoms with Gasteiger partial charge in [0.2, 0.25) is 11.8 Å². The van der Waals surface area contributed by atoms with E-state index >= 15 is 0 Å². The van der Waals surface area contributed by atoms with Crippen LogP contribution in [0.2, 0.25) is 0 Å². The molecule has 0 unspecified atom stereocenters. The number of nitrogens with one attached hydrogen (secondary N) is 2. The highest BCUT2D eigenvalue weighted by Gasteiger charge is 2.48. The predicted molar refractivity (Wildman–Crippen MR) is 167 cm³/mol. The summed E-state index contributed by atoms with van der Waals surface area (Å²) in [5.74, 6) is 1.23. The third-order valence-electron chi connectivity index (χ3n) is 9.41. The van der Waals surface area contributed by atoms with E-state index < -0.39 is 18.1 Å². The van der Waals surface area contributed by atoms with Crippen LogP contribution in [0.15, 0.2) is 60.8 Å². The van der Waals surface area contributed by atoms with E-state index in [2.05, 4.69) is 22.5 Å². The first-order chi connectivity index (χ1) is 21.3. The first-order valence-electron chi connectivity index (χ1n) is 15.4. The highest BCUT2D eigenvalue weighted by atomic mass is 19.1. The fourth-order valence-electron chi connectivity index (χ4n) is 5.97. The van der Waals surface area contributed by atoms with Crippen molar-refractivity contribution in [2.24, 2.45) is 5.41 Å². The maximum atomic E-state index is 13.9. The van der Waals surface area contributed by atoms with Gasteiger partial charge in [0.1, 0.15) is 18.6 Å². The van der Waals surface area contributed by atoms with Crippen LogP contribution in [-0.4, -0.2) is 57.5 Å². The first-order valence-corrected chi connectivity index (χ1v) is 15.4. The molecule has 3 fully saturated rings. The van der Waals surface area contributed by atoms with E-state index in [4.69, 9.17) is 9.84 Å². The molecular formula is C34H37FN6O3. The first kappa shape index (κ1) is 28.3. The minimum Gasteiger partial charge on any atom is -0.474 e. The van der Waals surface area contributed by atoms with E-state index in [0.717, 1.165) is 60.5 Å². The van der Waals surface area contributed by atoms with Gasteiger partial charge >= 0.3 is 6.03 Å². The fraction of sp³-hybridized carbons (Fsp3) is 0.412. The molecule has 2 aromatic carbocycles. The monoisotopic (exact) mass is 596 g/mol. The molecule has 3 heterocycles. The van der Waals surface area contributed by atoms with E-state index in [0.29, 0.717) is 36.2 Å². The maximum Gasteiger partial charge on any atom is 0.324 e. The minimum atomic E-state index is -0.569. The number of anilines is 2. The van der Waals surface area contributed by atoms with Crippen LogP contribution < -0.4 is 15.4 Å². The summed E-state index contributed by atoms with van der Waals surface area (Å²) >= 11 is 0. The van der Waals surface area contributed by atoms with Crippen LogP contribution >= 0.6 is 0 Å². The summed E-state index contributed by atoms with van der Waals surface area (Å²) in [6.07, 6.45) is 6.50. The van der Waals surface area contributed by atoms with Crippen LogP contribution in [0, 0.1) is 12.3 Å². The molecule has 1 aliphatic heterocycles. The Morgan fingerprint density at radius 3 is 2.36 bits per heavy atom. The number of alkyl halides is 1. The number of fused-ring (bicyclic) bond motifs is 1. The number of aromatic nitrogens is 3. The van der Waals surface area contributed by atoms with E-state index in [1.54, 1.807) is 16.9 Å². The summed E-state index contributed by atoms with van der Waals surface area (Å²) in [7, 11) is 0. The van der Waals surface area contributed by atoms with Crippen molar-refractivity contribution in [3.05, 3.63) is 72.1 Å². The number of piperidine rings is 1. The van der Waals surface area contributed by atoms with Crippen molar-refractivity contribution in [2.75, 3.05) is 30.4 Å². The van der Waals surface area contributed by atoms with Gasteiger partial charge in [-0.1, -0.05) is 42.8 Å². The number of rotatable bonds is 8. The molecule has 44 heavy (non-hydrogen) atoms. The average Bonchev–Trinajstić information content (AvgIpc) is 3.96. The number of hydrogen-bond acceptors (Lipinski definition) is 5. The Kier molecular flexibility index (Phi) is 7.02. The fourth-order valence-corrected chi connectivity index (χ4v) is 5.97. The van der Waals surface area contributed by atoms with Crippen LogP contribution in [0.3, 0.4) is 0 Å². The minimum absolute atomic E-state index is 0.0422. The molecule has 2 N–H and O–H groups in total. The molecule has 2 saturated carbocycles. The van der Waals surface area contributed by atoms with E-state index in [1.165, 1.54) is 0 Å². The summed E-state index contributed by atoms with van der Waals surface area (Å²) < 4.78 is 21.9. The number of aryl methyl sites for hydroxylation is 1. The van der Waals surface area contributed by atoms with Gasteiger partial charge in [0.15, 0.2) is 0 Å². The molecule has 2 aliphatic carbocycles. The summed E-state index contributed by atoms with van der Waals surface area (Å²) in [5.41, 5.74) is 2.33. The van der Waals surface area contributed by atoms with Gasteiger partial charge < -0.3 is 15.0 Å². The van der Waals surface area contributed by atoms with Crippen LogP contribution in [0.4, 0.5) is 20.7 Å². The molecule has 0 radical (unpaired) electrons. The van der Waals surface area contributed by atoms with Gasteiger partial charge in [-0.15, -0.1) is 0 Å². The van der Waals surface area contributed by atoms with Crippen LogP contribution in [0.5, 0.6) is 5.88 Å². The van der Waals surface area contributed by atoms with Crippen molar-refractivity contribution >= 4 is 34.2 Å². The lowest BCUT2D eigenvalue weighted by molar-refractivity contribution is -0.138. The maximum absolute atomic E-state index is 13.9. The molecule has 228 valence electrons. The molecule has 2 aromatic heterocycles. The standard InChI is InChI=1S/C34H37FN6O3/c1-22-7-9-23(10-8-22)41-29(19-28(39-41)34(21-35)15-16-34)38-32(43)37-27-20-36-30(26-6-4-3-5-25(26)27)44-24-11-17-40(18-12-24)31(42)33(2)13-14-33/h3-10,19-20,24H,11-18,21H2,1-2H3,(H2,37,38,43). The van der Waals surface area contributed by atoms with Gasteiger partial charge in [-0.05, 0) is 50.8 Å². The van der Waals surface area contributed by atoms with Crippen molar-refractivity contribution < 1.29 is 18.7 Å². The number of ether oxygens (including phenoxy) is 1. The summed E-state index contributed by atoms with van der Waals surface area (Å²) in [5, 5.41) is 12.2. The van der Waals surface area contributed by atoms with Crippen molar-refractivity contribution in [1.29, 1.82) is 0 Å². The molecule has 7 rings (SSSR count). The number of hydrogen-bond donors (Lipinski definition) is 2. The molecule has 0 bridgehead atoms. The van der Waals surface area contributed by atoms with Gasteiger partial charge in [0.05, 0.1) is 23.3 Å². The zero-order chi connectivity index (χ0) is 30.5. The molecular weight excluding hydrogens is 559 g/mol. The van der Waals surface area contributed by atoms with Crippen LogP contribution in [0.1, 0.15) is 56.7 Å². The highest BCUT2D eigenvalue weighted by Crippen LogP contribution is 2.49. The second kappa shape index (κ2) is 10.9. The number of carbonyl (C=O) groups excluding carboxylic acids is 2. The van der Waals surface area contributed by atoms with Gasteiger partial charge in [0.25, 0.3) is 0 Å². The summed E-state index contributed by atoms with van der Waals surface area (Å²) in [6.45, 7) is 4.94. The highest BCUT2D eigenvalue weighted by molar-refractivity contribution is 6.06. The Hall–Kier alpha value is -4.47. The quantitative estimate of drug-likeness (QED) is 0.240. The third-order valence-corrected chi connectivity index (χ3v) is 9.41. The largest absolute Gasteiger partial charge is 0.474 e. The van der Waals surface area contributed by atoms with E-state index in [9.17, 15) is 14.0 Å². The number of amides is 3. The topological polar surface area (TPSA) is 101 Å². The molecule has 9 nitrogen and oxygen atoms in total. The van der Waals surface area contributed by atoms with Gasteiger partial charge in [-0.3, -0.25) is 14.5 Å². The molecule has 10 heteroatoms. The van der Waals surface area contributed by atoms with E-state index in [-0.39, 0.29) is 17.4 Å². The average molecular weight is 597 g/mol. The van der Waals surface area contributed by atoms with Gasteiger partial charge in [0, 0.05) is 53.6 Å². The smallest absolute Gasteiger partial charge is 0.324 e. The summed E-state index contributed by atoms with van der Waals surface area (Å²) in [6, 6.07) is 16.8. The van der Waals surface area contributed by atoms with Crippen molar-refractivity contribution in [1.82, 2.24) is 19.7 Å². The SMILES string of the molecule is Cc1ccc(-n2nc(C3(CF)CC3)cc2NC(=O)Nc2cnc(OC3CCN(C(=O)C4(C)CC4)CC3)c3ccccc23)cc1. The lowest BCUT2D eigenvalue weighted by Crippen LogP contribution is -2.44.